The molecule has 3 aliphatic rings. The van der Waals surface area contributed by atoms with E-state index >= 15 is 0 Å². The molecule has 0 spiro atoms. The van der Waals surface area contributed by atoms with E-state index in [9.17, 15) is 24.9 Å². The summed E-state index contributed by atoms with van der Waals surface area (Å²) in [5.41, 5.74) is -0.542. The first kappa shape index (κ1) is 30.9. The van der Waals surface area contributed by atoms with Crippen molar-refractivity contribution >= 4 is 11.8 Å². The van der Waals surface area contributed by atoms with Gasteiger partial charge in [-0.25, -0.2) is 0 Å². The molecule has 2 saturated heterocycles. The molecule has 4 rings (SSSR count). The molecular formula is C32H51N3O5. The highest BCUT2D eigenvalue weighted by Crippen LogP contribution is 2.39. The zero-order chi connectivity index (χ0) is 29.1. The molecule has 2 heterocycles. The Hall–Kier alpha value is -2.00. The molecule has 40 heavy (non-hydrogen) atoms. The molecular weight excluding hydrogens is 506 g/mol. The number of β-amino-alcohol motifs (C(OH)–C–C–N with tert-alkyl or cyclic N) is 1. The summed E-state index contributed by atoms with van der Waals surface area (Å²) in [6, 6.07) is 9.64. The molecule has 2 aliphatic heterocycles. The highest BCUT2D eigenvalue weighted by atomic mass is 16.3. The molecule has 1 aromatic carbocycles. The van der Waals surface area contributed by atoms with E-state index in [1.807, 2.05) is 51.1 Å². The Morgan fingerprint density at radius 2 is 1.73 bits per heavy atom. The van der Waals surface area contributed by atoms with E-state index in [0.717, 1.165) is 18.5 Å². The zero-order valence-electron chi connectivity index (χ0n) is 24.9. The molecule has 0 bridgehead atoms. The van der Waals surface area contributed by atoms with Crippen LogP contribution in [0.15, 0.2) is 30.3 Å². The number of nitrogens with one attached hydrogen (secondary N) is 1. The molecule has 1 saturated carbocycles. The lowest BCUT2D eigenvalue weighted by Crippen LogP contribution is -2.59. The minimum absolute atomic E-state index is 0.0224. The second kappa shape index (κ2) is 12.9. The van der Waals surface area contributed by atoms with Crippen LogP contribution in [0, 0.1) is 17.8 Å². The Kier molecular flexibility index (Phi) is 9.97. The van der Waals surface area contributed by atoms with Gasteiger partial charge in [0.05, 0.1) is 24.4 Å². The minimum atomic E-state index is -1.33. The summed E-state index contributed by atoms with van der Waals surface area (Å²) in [7, 11) is 0. The summed E-state index contributed by atoms with van der Waals surface area (Å²) < 4.78 is 0. The maximum absolute atomic E-state index is 13.6. The van der Waals surface area contributed by atoms with Crippen LogP contribution in [0.3, 0.4) is 0 Å². The third kappa shape index (κ3) is 8.05. The maximum atomic E-state index is 13.6. The van der Waals surface area contributed by atoms with Crippen molar-refractivity contribution in [2.24, 2.45) is 17.8 Å². The number of amides is 2. The van der Waals surface area contributed by atoms with Crippen LogP contribution >= 0.6 is 0 Å². The fourth-order valence-corrected chi connectivity index (χ4v) is 7.24. The number of likely N-dealkylation sites (tertiary alicyclic amines) is 2. The molecule has 0 aromatic heterocycles. The Balaban J connectivity index is 1.48. The van der Waals surface area contributed by atoms with E-state index in [4.69, 9.17) is 0 Å². The molecule has 2 amide bonds. The van der Waals surface area contributed by atoms with Crippen LogP contribution in [-0.4, -0.2) is 92.5 Å². The van der Waals surface area contributed by atoms with E-state index in [0.29, 0.717) is 31.2 Å². The molecule has 1 aromatic rings. The van der Waals surface area contributed by atoms with Crippen molar-refractivity contribution in [2.45, 2.75) is 108 Å². The number of hydrogen-bond donors (Lipinski definition) is 4. The highest BCUT2D eigenvalue weighted by Gasteiger charge is 2.44. The Bertz CT molecular complexity index is 994. The smallest absolute Gasteiger partial charge is 0.237 e. The molecule has 4 N–H and O–H groups in total. The summed E-state index contributed by atoms with van der Waals surface area (Å²) in [4.78, 5) is 30.9. The Labute approximate surface area is 240 Å². The molecule has 8 heteroatoms. The number of aliphatic hydroxyl groups is 3. The molecule has 8 nitrogen and oxygen atoms in total. The highest BCUT2D eigenvalue weighted by molar-refractivity contribution is 5.83. The molecule has 224 valence electrons. The summed E-state index contributed by atoms with van der Waals surface area (Å²) in [5.74, 6) is 0.625. The number of benzene rings is 1. The van der Waals surface area contributed by atoms with Gasteiger partial charge in [-0.2, -0.15) is 0 Å². The Morgan fingerprint density at radius 1 is 1.05 bits per heavy atom. The second-order valence-corrected chi connectivity index (χ2v) is 14.0. The van der Waals surface area contributed by atoms with Crippen LogP contribution in [-0.2, 0) is 16.0 Å². The van der Waals surface area contributed by atoms with E-state index in [2.05, 4.69) is 10.2 Å². The van der Waals surface area contributed by atoms with Gasteiger partial charge < -0.3 is 25.5 Å². The van der Waals surface area contributed by atoms with Gasteiger partial charge >= 0.3 is 0 Å². The molecule has 3 fully saturated rings. The van der Waals surface area contributed by atoms with Crippen LogP contribution in [0.4, 0.5) is 0 Å². The number of carbonyl (C=O) groups is 2. The van der Waals surface area contributed by atoms with Gasteiger partial charge in [0.15, 0.2) is 0 Å². The molecule has 7 atom stereocenters. The van der Waals surface area contributed by atoms with Crippen molar-refractivity contribution in [3.63, 3.8) is 0 Å². The molecule has 0 radical (unpaired) electrons. The standard InChI is InChI=1S/C32H51N3O5/c1-31(2,3)33-29(38)28-16-23-12-8-9-13-24(23)18-34(28)19-27(37)20-35-26(14-22-10-6-5-7-11-22)15-25(30(35)39)17-32(4,40)21-36/h5-7,10-11,23-28,36-37,40H,8-9,12-21H2,1-4H3,(H,33,38)/t23-,24+,25?,26?,27?,28?,32?/m0/s1. The van der Waals surface area contributed by atoms with Crippen molar-refractivity contribution in [3.05, 3.63) is 35.9 Å². The molecule has 1 aliphatic carbocycles. The van der Waals surface area contributed by atoms with Gasteiger partial charge in [0, 0.05) is 37.1 Å². The monoisotopic (exact) mass is 557 g/mol. The SMILES string of the molecule is CC(O)(CO)CC1CC(Cc2ccccc2)N(CC(O)CN2C[C@H]3CCCC[C@H]3CC2C(=O)NC(C)(C)C)C1=O. The van der Waals surface area contributed by atoms with Gasteiger partial charge in [0.2, 0.25) is 11.8 Å². The van der Waals surface area contributed by atoms with Gasteiger partial charge in [0.25, 0.3) is 0 Å². The van der Waals surface area contributed by atoms with Crippen LogP contribution in [0.25, 0.3) is 0 Å². The van der Waals surface area contributed by atoms with Gasteiger partial charge in [-0.3, -0.25) is 14.5 Å². The lowest BCUT2D eigenvalue weighted by molar-refractivity contribution is -0.137. The van der Waals surface area contributed by atoms with Crippen LogP contribution in [0.1, 0.15) is 78.2 Å². The summed E-state index contributed by atoms with van der Waals surface area (Å²) >= 11 is 0. The van der Waals surface area contributed by atoms with E-state index in [1.165, 1.54) is 25.7 Å². The summed E-state index contributed by atoms with van der Waals surface area (Å²) in [5, 5.41) is 34.7. The fraction of sp³-hybridized carbons (Fsp3) is 0.750. The summed E-state index contributed by atoms with van der Waals surface area (Å²) in [6.45, 7) is 8.46. The average molecular weight is 558 g/mol. The van der Waals surface area contributed by atoms with E-state index in [-0.39, 0.29) is 42.4 Å². The van der Waals surface area contributed by atoms with Crippen LogP contribution in [0.5, 0.6) is 0 Å². The predicted molar refractivity (Wildman–Crippen MR) is 155 cm³/mol. The molecule has 5 unspecified atom stereocenters. The quantitative estimate of drug-likeness (QED) is 0.352. The van der Waals surface area contributed by atoms with Crippen molar-refractivity contribution in [3.8, 4) is 0 Å². The fourth-order valence-electron chi connectivity index (χ4n) is 7.24. The number of nitrogens with zero attached hydrogens (tertiary/aromatic N) is 2. The summed E-state index contributed by atoms with van der Waals surface area (Å²) in [6.07, 6.45) is 6.22. The first-order valence-electron chi connectivity index (χ1n) is 15.3. The Morgan fingerprint density at radius 3 is 2.38 bits per heavy atom. The first-order chi connectivity index (χ1) is 18.8. The van der Waals surface area contributed by atoms with Crippen molar-refractivity contribution in [1.29, 1.82) is 0 Å². The number of hydrogen-bond acceptors (Lipinski definition) is 6. The zero-order valence-corrected chi connectivity index (χ0v) is 24.9. The number of aliphatic hydroxyl groups excluding tert-OH is 2. The van der Waals surface area contributed by atoms with E-state index < -0.39 is 24.2 Å². The van der Waals surface area contributed by atoms with Gasteiger partial charge in [-0.15, -0.1) is 0 Å². The van der Waals surface area contributed by atoms with Crippen molar-refractivity contribution in [2.75, 3.05) is 26.2 Å². The van der Waals surface area contributed by atoms with Gasteiger partial charge in [0.1, 0.15) is 0 Å². The lowest BCUT2D eigenvalue weighted by atomic mass is 9.72. The topological polar surface area (TPSA) is 113 Å². The number of fused-ring (bicyclic) bond motifs is 1. The van der Waals surface area contributed by atoms with Gasteiger partial charge in [-0.05, 0) is 77.2 Å². The second-order valence-electron chi connectivity index (χ2n) is 14.0. The average Bonchev–Trinajstić information content (AvgIpc) is 3.16. The lowest BCUT2D eigenvalue weighted by Gasteiger charge is -2.46. The number of piperidine rings is 1. The van der Waals surface area contributed by atoms with Crippen LogP contribution < -0.4 is 5.32 Å². The van der Waals surface area contributed by atoms with Crippen molar-refractivity contribution in [1.82, 2.24) is 15.1 Å². The number of carbonyl (C=O) groups excluding carboxylic acids is 2. The third-order valence-electron chi connectivity index (χ3n) is 9.13. The first-order valence-corrected chi connectivity index (χ1v) is 15.3. The minimum Gasteiger partial charge on any atom is -0.393 e. The van der Waals surface area contributed by atoms with Crippen LogP contribution in [0.2, 0.25) is 0 Å². The maximum Gasteiger partial charge on any atom is 0.237 e. The van der Waals surface area contributed by atoms with Gasteiger partial charge in [-0.1, -0.05) is 49.6 Å². The van der Waals surface area contributed by atoms with E-state index in [1.54, 1.807) is 11.8 Å². The normalized spacial score (nSPS) is 30.0. The van der Waals surface area contributed by atoms with Crippen molar-refractivity contribution < 1.29 is 24.9 Å². The third-order valence-corrected chi connectivity index (χ3v) is 9.13. The largest absolute Gasteiger partial charge is 0.393 e. The predicted octanol–water partition coefficient (Wildman–Crippen LogP) is 2.74. The number of rotatable bonds is 10.